The van der Waals surface area contributed by atoms with Gasteiger partial charge in [-0.2, -0.15) is 0 Å². The van der Waals surface area contributed by atoms with Crippen LogP contribution in [-0.4, -0.2) is 36.3 Å². The molecule has 0 saturated heterocycles. The number of nitrogens with zero attached hydrogens (tertiary/aromatic N) is 2. The van der Waals surface area contributed by atoms with E-state index in [2.05, 4.69) is 5.32 Å². The largest absolute Gasteiger partial charge is 0.468 e. The second kappa shape index (κ2) is 6.26. The summed E-state index contributed by atoms with van der Waals surface area (Å²) in [6.45, 7) is 2.40. The number of carbonyl (C=O) groups is 2. The van der Waals surface area contributed by atoms with Crippen LogP contribution in [0.3, 0.4) is 0 Å². The summed E-state index contributed by atoms with van der Waals surface area (Å²) in [5.74, 6) is 0.503. The van der Waals surface area contributed by atoms with Crippen LogP contribution in [0.1, 0.15) is 12.7 Å². The molecule has 23 heavy (non-hydrogen) atoms. The summed E-state index contributed by atoms with van der Waals surface area (Å²) < 4.78 is 5.32. The smallest absolute Gasteiger partial charge is 0.244 e. The van der Waals surface area contributed by atoms with E-state index in [0.717, 1.165) is 11.4 Å². The van der Waals surface area contributed by atoms with E-state index in [9.17, 15) is 9.59 Å². The molecule has 1 N–H and O–H groups in total. The number of furan rings is 1. The number of hydrogen-bond acceptors (Lipinski definition) is 4. The van der Waals surface area contributed by atoms with Crippen LogP contribution < -0.4 is 10.2 Å². The van der Waals surface area contributed by atoms with Crippen molar-refractivity contribution in [1.82, 2.24) is 4.90 Å². The maximum Gasteiger partial charge on any atom is 0.244 e. The molecule has 1 atom stereocenters. The summed E-state index contributed by atoms with van der Waals surface area (Å²) in [6.07, 6.45) is 1.61. The van der Waals surface area contributed by atoms with Crippen LogP contribution in [0.15, 0.2) is 47.1 Å². The highest BCUT2D eigenvalue weighted by Gasteiger charge is 2.31. The van der Waals surface area contributed by atoms with Crippen molar-refractivity contribution in [3.8, 4) is 0 Å². The quantitative estimate of drug-likeness (QED) is 0.938. The van der Waals surface area contributed by atoms with Gasteiger partial charge in [-0.05, 0) is 38.2 Å². The van der Waals surface area contributed by atoms with Gasteiger partial charge in [-0.25, -0.2) is 0 Å². The lowest BCUT2D eigenvalue weighted by molar-refractivity contribution is -0.125. The van der Waals surface area contributed by atoms with Crippen LogP contribution >= 0.6 is 0 Å². The highest BCUT2D eigenvalue weighted by Crippen LogP contribution is 2.29. The third kappa shape index (κ3) is 3.12. The maximum atomic E-state index is 12.8. The molecular formula is C17H19N3O3. The van der Waals surface area contributed by atoms with Crippen molar-refractivity contribution < 1.29 is 14.0 Å². The van der Waals surface area contributed by atoms with Crippen LogP contribution in [-0.2, 0) is 16.1 Å². The molecule has 2 aromatic rings. The minimum absolute atomic E-state index is 0.0365. The van der Waals surface area contributed by atoms with E-state index in [1.165, 1.54) is 4.90 Å². The highest BCUT2D eigenvalue weighted by atomic mass is 16.3. The first kappa shape index (κ1) is 15.3. The minimum atomic E-state index is -0.376. The zero-order valence-electron chi connectivity index (χ0n) is 13.2. The van der Waals surface area contributed by atoms with Gasteiger partial charge in [-0.3, -0.25) is 19.4 Å². The average molecular weight is 313 g/mol. The number of nitrogens with one attached hydrogen (secondary N) is 1. The van der Waals surface area contributed by atoms with Gasteiger partial charge in [-0.1, -0.05) is 12.1 Å². The molecule has 0 unspecified atom stereocenters. The lowest BCUT2D eigenvalue weighted by Crippen LogP contribution is -2.50. The lowest BCUT2D eigenvalue weighted by atomic mass is 10.1. The predicted molar refractivity (Wildman–Crippen MR) is 87.1 cm³/mol. The highest BCUT2D eigenvalue weighted by molar-refractivity contribution is 6.11. The van der Waals surface area contributed by atoms with Crippen molar-refractivity contribution in [2.75, 3.05) is 23.8 Å². The van der Waals surface area contributed by atoms with Crippen LogP contribution in [0.5, 0.6) is 0 Å². The van der Waals surface area contributed by atoms with E-state index in [0.29, 0.717) is 12.2 Å². The lowest BCUT2D eigenvalue weighted by Gasteiger charge is -2.33. The van der Waals surface area contributed by atoms with Crippen molar-refractivity contribution in [1.29, 1.82) is 0 Å². The number of rotatable bonds is 4. The number of amides is 2. The molecule has 3 rings (SSSR count). The second-order valence-electron chi connectivity index (χ2n) is 5.66. The molecule has 0 saturated carbocycles. The van der Waals surface area contributed by atoms with E-state index in [1.807, 2.05) is 49.2 Å². The Morgan fingerprint density at radius 3 is 2.87 bits per heavy atom. The van der Waals surface area contributed by atoms with Gasteiger partial charge in [0.25, 0.3) is 0 Å². The summed E-state index contributed by atoms with van der Waals surface area (Å²) >= 11 is 0. The third-order valence-electron chi connectivity index (χ3n) is 4.04. The van der Waals surface area contributed by atoms with Gasteiger partial charge >= 0.3 is 0 Å². The van der Waals surface area contributed by atoms with E-state index in [-0.39, 0.29) is 24.4 Å². The van der Waals surface area contributed by atoms with Gasteiger partial charge in [0.05, 0.1) is 30.2 Å². The molecule has 0 radical (unpaired) electrons. The van der Waals surface area contributed by atoms with E-state index < -0.39 is 0 Å². The Bertz CT molecular complexity index is 712. The summed E-state index contributed by atoms with van der Waals surface area (Å²) in [5, 5.41) is 2.79. The average Bonchev–Trinajstić information content (AvgIpc) is 3.05. The minimum Gasteiger partial charge on any atom is -0.468 e. The zero-order chi connectivity index (χ0) is 16.4. The molecule has 0 bridgehead atoms. The van der Waals surface area contributed by atoms with Gasteiger partial charge in [0, 0.05) is 0 Å². The Labute approximate surface area is 134 Å². The van der Waals surface area contributed by atoms with Crippen LogP contribution in [0.25, 0.3) is 0 Å². The first-order valence-corrected chi connectivity index (χ1v) is 7.49. The predicted octanol–water partition coefficient (Wildman–Crippen LogP) is 2.09. The van der Waals surface area contributed by atoms with Crippen molar-refractivity contribution >= 4 is 23.2 Å². The Morgan fingerprint density at radius 1 is 1.35 bits per heavy atom. The normalized spacial score (nSPS) is 15.3. The van der Waals surface area contributed by atoms with Gasteiger partial charge in [-0.15, -0.1) is 0 Å². The molecular weight excluding hydrogens is 294 g/mol. The van der Waals surface area contributed by atoms with Gasteiger partial charge in [0.1, 0.15) is 12.3 Å². The van der Waals surface area contributed by atoms with Gasteiger partial charge in [0.2, 0.25) is 11.8 Å². The van der Waals surface area contributed by atoms with E-state index >= 15 is 0 Å². The molecule has 6 nitrogen and oxygen atoms in total. The standard InChI is InChI=1S/C17H19N3O3/c1-12(19(2)10-13-6-5-9-23-13)17(22)20-11-16(21)18-14-7-3-4-8-15(14)20/h3-9,12H,10-11H2,1-2H3,(H,18,21)/t12-/m0/s1. The summed E-state index contributed by atoms with van der Waals surface area (Å²) in [5.41, 5.74) is 1.40. The maximum absolute atomic E-state index is 12.8. The SMILES string of the molecule is C[C@@H](C(=O)N1CC(=O)Nc2ccccc21)N(C)Cc1ccco1. The summed E-state index contributed by atoms with van der Waals surface area (Å²) in [7, 11) is 1.86. The Balaban J connectivity index is 1.78. The molecule has 0 spiro atoms. The summed E-state index contributed by atoms with van der Waals surface area (Å²) in [4.78, 5) is 28.1. The number of anilines is 2. The van der Waals surface area contributed by atoms with Crippen molar-refractivity contribution in [2.45, 2.75) is 19.5 Å². The van der Waals surface area contributed by atoms with Gasteiger partial charge in [0.15, 0.2) is 0 Å². The fourth-order valence-corrected chi connectivity index (χ4v) is 2.63. The Hall–Kier alpha value is -2.60. The number of hydrogen-bond donors (Lipinski definition) is 1. The summed E-state index contributed by atoms with van der Waals surface area (Å²) in [6, 6.07) is 10.6. The zero-order valence-corrected chi connectivity index (χ0v) is 13.2. The number of likely N-dealkylation sites (N-methyl/N-ethyl adjacent to an activating group) is 1. The van der Waals surface area contributed by atoms with Crippen LogP contribution in [0.2, 0.25) is 0 Å². The fraction of sp³-hybridized carbons (Fsp3) is 0.294. The monoisotopic (exact) mass is 313 g/mol. The molecule has 0 fully saturated rings. The van der Waals surface area contributed by atoms with Gasteiger partial charge < -0.3 is 9.73 Å². The molecule has 1 aliphatic rings. The van der Waals surface area contributed by atoms with Crippen LogP contribution in [0.4, 0.5) is 11.4 Å². The first-order chi connectivity index (χ1) is 11.1. The topological polar surface area (TPSA) is 65.8 Å². The fourth-order valence-electron chi connectivity index (χ4n) is 2.63. The molecule has 1 aliphatic heterocycles. The van der Waals surface area contributed by atoms with E-state index in [1.54, 1.807) is 12.3 Å². The molecule has 2 heterocycles. The number of carbonyl (C=O) groups excluding carboxylic acids is 2. The number of para-hydroxylation sites is 2. The second-order valence-corrected chi connectivity index (χ2v) is 5.66. The number of fused-ring (bicyclic) bond motifs is 1. The molecule has 2 amide bonds. The van der Waals surface area contributed by atoms with Crippen LogP contribution in [0, 0.1) is 0 Å². The van der Waals surface area contributed by atoms with E-state index in [4.69, 9.17) is 4.42 Å². The third-order valence-corrected chi connectivity index (χ3v) is 4.04. The van der Waals surface area contributed by atoms with Crippen molar-refractivity contribution in [3.63, 3.8) is 0 Å². The Kier molecular flexibility index (Phi) is 4.16. The molecule has 6 heteroatoms. The first-order valence-electron chi connectivity index (χ1n) is 7.49. The molecule has 1 aromatic carbocycles. The molecule has 120 valence electrons. The molecule has 1 aromatic heterocycles. The van der Waals surface area contributed by atoms with Crippen molar-refractivity contribution in [3.05, 3.63) is 48.4 Å². The number of benzene rings is 1. The Morgan fingerprint density at radius 2 is 2.13 bits per heavy atom. The van der Waals surface area contributed by atoms with Crippen molar-refractivity contribution in [2.24, 2.45) is 0 Å². The molecule has 0 aliphatic carbocycles.